The number of rotatable bonds is 6. The summed E-state index contributed by atoms with van der Waals surface area (Å²) in [5.41, 5.74) is 3.82. The van der Waals surface area contributed by atoms with Gasteiger partial charge in [0.05, 0.1) is 48.7 Å². The molecule has 0 aliphatic carbocycles. The molecule has 9 nitrogen and oxygen atoms in total. The molecule has 1 aliphatic rings. The molecule has 1 aliphatic heterocycles. The topological polar surface area (TPSA) is 90.9 Å². The molecule has 1 fully saturated rings. The van der Waals surface area contributed by atoms with Gasteiger partial charge in [-0.3, -0.25) is 4.40 Å². The van der Waals surface area contributed by atoms with Gasteiger partial charge in [-0.15, -0.1) is 0 Å². The van der Waals surface area contributed by atoms with Gasteiger partial charge in [-0.25, -0.2) is 20.3 Å². The van der Waals surface area contributed by atoms with E-state index in [0.717, 1.165) is 43.2 Å². The van der Waals surface area contributed by atoms with Gasteiger partial charge < -0.3 is 19.7 Å². The van der Waals surface area contributed by atoms with Crippen LogP contribution in [-0.4, -0.2) is 59.8 Å². The Morgan fingerprint density at radius 3 is 2.58 bits per heavy atom. The van der Waals surface area contributed by atoms with Gasteiger partial charge in [0.25, 0.3) is 0 Å². The minimum absolute atomic E-state index is 0.380. The molecular weight excluding hydrogens is 442 g/mol. The van der Waals surface area contributed by atoms with Crippen LogP contribution in [0.1, 0.15) is 0 Å². The summed E-state index contributed by atoms with van der Waals surface area (Å²) >= 11 is 6.45. The van der Waals surface area contributed by atoms with E-state index in [1.54, 1.807) is 26.6 Å². The number of anilines is 3. The second-order valence-corrected chi connectivity index (χ2v) is 7.85. The largest absolute Gasteiger partial charge is 0.491 e. The predicted molar refractivity (Wildman–Crippen MR) is 128 cm³/mol. The zero-order chi connectivity index (χ0) is 22.8. The Bertz CT molecular complexity index is 1290. The Balaban J connectivity index is 1.51. The highest BCUT2D eigenvalue weighted by Crippen LogP contribution is 2.44. The number of benzene rings is 1. The molecule has 4 heterocycles. The van der Waals surface area contributed by atoms with E-state index in [9.17, 15) is 0 Å². The first-order valence-corrected chi connectivity index (χ1v) is 10.9. The van der Waals surface area contributed by atoms with E-state index in [1.165, 1.54) is 0 Å². The van der Waals surface area contributed by atoms with Crippen molar-refractivity contribution in [3.63, 3.8) is 0 Å². The molecule has 1 radical (unpaired) electrons. The zero-order valence-corrected chi connectivity index (χ0v) is 19.1. The number of ether oxygens (including phenoxy) is 2. The fourth-order valence-corrected chi connectivity index (χ4v) is 4.17. The molecule has 1 N–H and O–H groups in total. The first-order valence-electron chi connectivity index (χ1n) is 10.5. The van der Waals surface area contributed by atoms with E-state index in [2.05, 4.69) is 30.5 Å². The van der Waals surface area contributed by atoms with Crippen LogP contribution in [0.2, 0.25) is 5.02 Å². The van der Waals surface area contributed by atoms with Gasteiger partial charge in [0, 0.05) is 32.4 Å². The molecule has 0 amide bonds. The van der Waals surface area contributed by atoms with Crippen LogP contribution in [0.5, 0.6) is 11.5 Å². The van der Waals surface area contributed by atoms with Gasteiger partial charge in [0.1, 0.15) is 11.3 Å². The van der Waals surface area contributed by atoms with Crippen molar-refractivity contribution in [2.24, 2.45) is 0 Å². The first kappa shape index (κ1) is 21.3. The number of fused-ring (bicyclic) bond motifs is 1. The number of methoxy groups -OCH3 is 2. The summed E-state index contributed by atoms with van der Waals surface area (Å²) in [6.45, 7) is 3.29. The van der Waals surface area contributed by atoms with Crippen LogP contribution < -0.4 is 25.0 Å². The Hall–Kier alpha value is -3.56. The van der Waals surface area contributed by atoms with Crippen LogP contribution in [0.4, 0.5) is 17.3 Å². The van der Waals surface area contributed by atoms with Crippen molar-refractivity contribution >= 4 is 34.6 Å². The van der Waals surface area contributed by atoms with E-state index in [1.807, 2.05) is 40.9 Å². The maximum absolute atomic E-state index is 6.45. The molecule has 0 saturated carbocycles. The number of nitrogens with zero attached hydrogens (tertiary/aromatic N) is 6. The Kier molecular flexibility index (Phi) is 5.89. The molecule has 4 aromatic rings. The lowest BCUT2D eigenvalue weighted by Crippen LogP contribution is -2.40. The van der Waals surface area contributed by atoms with Crippen LogP contribution in [0.15, 0.2) is 48.9 Å². The fourth-order valence-electron chi connectivity index (χ4n) is 3.98. The van der Waals surface area contributed by atoms with Crippen LogP contribution in [0.25, 0.3) is 17.0 Å². The van der Waals surface area contributed by atoms with E-state index >= 15 is 0 Å². The second-order valence-electron chi connectivity index (χ2n) is 7.44. The molecule has 0 bridgehead atoms. The smallest absolute Gasteiger partial charge is 0.227 e. The van der Waals surface area contributed by atoms with Crippen molar-refractivity contribution in [2.45, 2.75) is 0 Å². The lowest BCUT2D eigenvalue weighted by Gasteiger charge is -2.30. The molecule has 0 atom stereocenters. The molecule has 5 rings (SSSR count). The number of hydrogen-bond acceptors (Lipinski definition) is 7. The molecule has 1 saturated heterocycles. The molecule has 3 aromatic heterocycles. The van der Waals surface area contributed by atoms with Gasteiger partial charge in [-0.2, -0.15) is 0 Å². The van der Waals surface area contributed by atoms with Crippen LogP contribution in [0, 0.1) is 0 Å². The Morgan fingerprint density at radius 1 is 0.970 bits per heavy atom. The SMILES string of the molecule is COc1c(Nc2ncc(Cl)c(-c3cnc4ccccn34)n2)ccc(N2CC[N]CC2)c1OC. The number of imidazole rings is 1. The third-order valence-electron chi connectivity index (χ3n) is 5.55. The van der Waals surface area contributed by atoms with Crippen molar-refractivity contribution in [1.82, 2.24) is 24.7 Å². The molecule has 0 unspecified atom stereocenters. The molecule has 1 aromatic carbocycles. The van der Waals surface area contributed by atoms with Crippen molar-refractivity contribution in [1.29, 1.82) is 0 Å². The normalized spacial score (nSPS) is 13.8. The third kappa shape index (κ3) is 4.01. The summed E-state index contributed by atoms with van der Waals surface area (Å²) in [5.74, 6) is 1.61. The maximum Gasteiger partial charge on any atom is 0.227 e. The van der Waals surface area contributed by atoms with Crippen molar-refractivity contribution in [3.05, 3.63) is 53.9 Å². The highest BCUT2D eigenvalue weighted by Gasteiger charge is 2.22. The zero-order valence-electron chi connectivity index (χ0n) is 18.3. The quantitative estimate of drug-likeness (QED) is 0.466. The summed E-state index contributed by atoms with van der Waals surface area (Å²) < 4.78 is 13.4. The maximum atomic E-state index is 6.45. The van der Waals surface area contributed by atoms with E-state index < -0.39 is 0 Å². The van der Waals surface area contributed by atoms with Gasteiger partial charge in [0.15, 0.2) is 11.5 Å². The predicted octanol–water partition coefficient (Wildman–Crippen LogP) is 3.63. The summed E-state index contributed by atoms with van der Waals surface area (Å²) in [4.78, 5) is 15.7. The van der Waals surface area contributed by atoms with Gasteiger partial charge in [0.2, 0.25) is 5.95 Å². The minimum atomic E-state index is 0.380. The Labute approximate surface area is 196 Å². The molecule has 33 heavy (non-hydrogen) atoms. The molecule has 169 valence electrons. The third-order valence-corrected chi connectivity index (χ3v) is 5.82. The highest BCUT2D eigenvalue weighted by atomic mass is 35.5. The van der Waals surface area contributed by atoms with Crippen LogP contribution >= 0.6 is 11.6 Å². The average molecular weight is 465 g/mol. The monoisotopic (exact) mass is 464 g/mol. The number of nitrogens with one attached hydrogen (secondary N) is 1. The second kappa shape index (κ2) is 9.13. The highest BCUT2D eigenvalue weighted by molar-refractivity contribution is 6.32. The number of pyridine rings is 1. The molecule has 0 spiro atoms. The number of hydrogen-bond donors (Lipinski definition) is 1. The average Bonchev–Trinajstić information content (AvgIpc) is 3.29. The lowest BCUT2D eigenvalue weighted by molar-refractivity contribution is 0.356. The van der Waals surface area contributed by atoms with Gasteiger partial charge in [-0.1, -0.05) is 17.7 Å². The summed E-state index contributed by atoms with van der Waals surface area (Å²) in [6.07, 6.45) is 5.24. The van der Waals surface area contributed by atoms with Gasteiger partial charge in [-0.05, 0) is 24.3 Å². The van der Waals surface area contributed by atoms with E-state index in [0.29, 0.717) is 33.9 Å². The summed E-state index contributed by atoms with van der Waals surface area (Å²) in [7, 11) is 3.26. The molecule has 10 heteroatoms. The van der Waals surface area contributed by atoms with Crippen molar-refractivity contribution < 1.29 is 9.47 Å². The first-order chi connectivity index (χ1) is 16.2. The number of halogens is 1. The van der Waals surface area contributed by atoms with E-state index in [-0.39, 0.29) is 0 Å². The van der Waals surface area contributed by atoms with Gasteiger partial charge >= 0.3 is 0 Å². The fraction of sp³-hybridized carbons (Fsp3) is 0.261. The van der Waals surface area contributed by atoms with Crippen molar-refractivity contribution in [2.75, 3.05) is 50.6 Å². The Morgan fingerprint density at radius 2 is 1.79 bits per heavy atom. The lowest BCUT2D eigenvalue weighted by atomic mass is 10.2. The summed E-state index contributed by atoms with van der Waals surface area (Å²) in [6, 6.07) is 9.74. The van der Waals surface area contributed by atoms with Crippen LogP contribution in [0.3, 0.4) is 0 Å². The van der Waals surface area contributed by atoms with E-state index in [4.69, 9.17) is 21.1 Å². The van der Waals surface area contributed by atoms with Crippen molar-refractivity contribution in [3.8, 4) is 22.9 Å². The standard InChI is InChI=1S/C23H23ClN7O2/c1-32-21-16(6-7-17(22(21)33-2)30-11-8-25-9-12-30)28-23-27-13-15(24)20(29-23)18-14-26-19-5-3-4-10-31(18)19/h3-7,10,13-14H,8-9,11-12H2,1-2H3,(H,27,28,29). The number of piperazine rings is 1. The molecular formula is C23H23ClN7O2. The van der Waals surface area contributed by atoms with Crippen LogP contribution in [-0.2, 0) is 0 Å². The number of aromatic nitrogens is 4. The minimum Gasteiger partial charge on any atom is -0.491 e. The summed E-state index contributed by atoms with van der Waals surface area (Å²) in [5, 5.41) is 8.11.